The molecule has 0 radical (unpaired) electrons. The number of piperazine rings is 1. The van der Waals surface area contributed by atoms with Gasteiger partial charge in [0.05, 0.1) is 0 Å². The molecule has 2 aliphatic rings. The highest BCUT2D eigenvalue weighted by Gasteiger charge is 2.21. The van der Waals surface area contributed by atoms with E-state index in [0.29, 0.717) is 29.5 Å². The number of carbonyl (C=O) groups excluding carboxylic acids is 1. The Labute approximate surface area is 154 Å². The van der Waals surface area contributed by atoms with E-state index in [4.69, 9.17) is 11.6 Å². The van der Waals surface area contributed by atoms with E-state index in [0.717, 1.165) is 58.7 Å². The normalized spacial score (nSPS) is 20.0. The lowest BCUT2D eigenvalue weighted by molar-refractivity contribution is -0.132. The lowest BCUT2D eigenvalue weighted by atomic mass is 10.1. The molecule has 0 unspecified atom stereocenters. The number of hydrogen-bond acceptors (Lipinski definition) is 3. The molecule has 1 aromatic carbocycles. The van der Waals surface area contributed by atoms with Crippen molar-refractivity contribution >= 4 is 17.5 Å². The Balaban J connectivity index is 1.40. The van der Waals surface area contributed by atoms with Gasteiger partial charge in [-0.3, -0.25) is 9.69 Å². The minimum Gasteiger partial charge on any atom is -0.343 e. The number of hydrogen-bond donors (Lipinski definition) is 0. The van der Waals surface area contributed by atoms with E-state index >= 15 is 0 Å². The molecule has 1 aromatic rings. The lowest BCUT2D eigenvalue weighted by Crippen LogP contribution is -2.47. The quantitative estimate of drug-likeness (QED) is 0.800. The van der Waals surface area contributed by atoms with Crippen LogP contribution in [0.25, 0.3) is 0 Å². The molecular formula is C19H27ClFN3O. The molecule has 0 atom stereocenters. The van der Waals surface area contributed by atoms with Gasteiger partial charge in [0.1, 0.15) is 5.82 Å². The number of rotatable bonds is 5. The first-order valence-corrected chi connectivity index (χ1v) is 9.66. The van der Waals surface area contributed by atoms with Gasteiger partial charge in [0.15, 0.2) is 0 Å². The summed E-state index contributed by atoms with van der Waals surface area (Å²) in [5, 5.41) is 0.495. The fourth-order valence-corrected chi connectivity index (χ4v) is 3.86. The highest BCUT2D eigenvalue weighted by Crippen LogP contribution is 2.21. The van der Waals surface area contributed by atoms with Crippen LogP contribution in [-0.2, 0) is 11.3 Å². The minimum atomic E-state index is -0.234. The van der Waals surface area contributed by atoms with Crippen LogP contribution in [0, 0.1) is 5.82 Å². The fraction of sp³-hybridized carbons (Fsp3) is 0.632. The monoisotopic (exact) mass is 367 g/mol. The number of amides is 1. The SMILES string of the molecule is O=C(CCN1CCN(Cc2c(F)cccc2Cl)CC1)N1CCCCC1. The summed E-state index contributed by atoms with van der Waals surface area (Å²) in [6.45, 7) is 6.81. The lowest BCUT2D eigenvalue weighted by Gasteiger charge is -2.35. The van der Waals surface area contributed by atoms with Crippen LogP contribution in [0.15, 0.2) is 18.2 Å². The Morgan fingerprint density at radius 1 is 1.00 bits per heavy atom. The second-order valence-corrected chi connectivity index (χ2v) is 7.42. The average molecular weight is 368 g/mol. The molecule has 2 fully saturated rings. The van der Waals surface area contributed by atoms with Crippen LogP contribution in [-0.4, -0.2) is 66.4 Å². The van der Waals surface area contributed by atoms with E-state index in [9.17, 15) is 9.18 Å². The number of halogens is 2. The number of likely N-dealkylation sites (tertiary alicyclic amines) is 1. The molecule has 3 rings (SSSR count). The molecule has 25 heavy (non-hydrogen) atoms. The third-order valence-electron chi connectivity index (χ3n) is 5.26. The molecule has 4 nitrogen and oxygen atoms in total. The van der Waals surface area contributed by atoms with Crippen LogP contribution in [0.3, 0.4) is 0 Å². The van der Waals surface area contributed by atoms with Crippen molar-refractivity contribution in [2.75, 3.05) is 45.8 Å². The van der Waals surface area contributed by atoms with E-state index in [-0.39, 0.29) is 5.82 Å². The second-order valence-electron chi connectivity index (χ2n) is 7.01. The van der Waals surface area contributed by atoms with Crippen molar-refractivity contribution in [3.63, 3.8) is 0 Å². The zero-order valence-corrected chi connectivity index (χ0v) is 15.5. The molecule has 2 saturated heterocycles. The predicted octanol–water partition coefficient (Wildman–Crippen LogP) is 3.00. The zero-order chi connectivity index (χ0) is 17.6. The molecule has 1 amide bonds. The maximum absolute atomic E-state index is 13.9. The van der Waals surface area contributed by atoms with Gasteiger partial charge in [-0.15, -0.1) is 0 Å². The van der Waals surface area contributed by atoms with Crippen molar-refractivity contribution in [2.45, 2.75) is 32.2 Å². The van der Waals surface area contributed by atoms with Gasteiger partial charge in [0.2, 0.25) is 5.91 Å². The summed E-state index contributed by atoms with van der Waals surface area (Å²) in [6, 6.07) is 4.84. The van der Waals surface area contributed by atoms with Crippen molar-refractivity contribution < 1.29 is 9.18 Å². The highest BCUT2D eigenvalue weighted by atomic mass is 35.5. The van der Waals surface area contributed by atoms with E-state index in [1.165, 1.54) is 12.5 Å². The molecule has 0 aromatic heterocycles. The summed E-state index contributed by atoms with van der Waals surface area (Å²) in [5.41, 5.74) is 0.581. The van der Waals surface area contributed by atoms with Crippen LogP contribution in [0.4, 0.5) is 4.39 Å². The van der Waals surface area contributed by atoms with E-state index < -0.39 is 0 Å². The van der Waals surface area contributed by atoms with Crippen LogP contribution in [0.1, 0.15) is 31.2 Å². The largest absolute Gasteiger partial charge is 0.343 e. The van der Waals surface area contributed by atoms with Gasteiger partial charge in [0, 0.05) is 69.4 Å². The number of benzene rings is 1. The van der Waals surface area contributed by atoms with Crippen molar-refractivity contribution in [1.82, 2.24) is 14.7 Å². The maximum atomic E-state index is 13.9. The Kier molecular flexibility index (Phi) is 6.68. The summed E-state index contributed by atoms with van der Waals surface area (Å²) in [5.74, 6) is 0.0577. The Morgan fingerprint density at radius 2 is 1.68 bits per heavy atom. The minimum absolute atomic E-state index is 0.234. The molecule has 0 N–H and O–H groups in total. The summed E-state index contributed by atoms with van der Waals surface area (Å²) in [6.07, 6.45) is 4.14. The standard InChI is InChI=1S/C19H27ClFN3O/c20-17-5-4-6-18(21)16(17)15-23-13-11-22(12-14-23)10-7-19(25)24-8-2-1-3-9-24/h4-6H,1-3,7-15H2. The molecule has 0 spiro atoms. The van der Waals surface area contributed by atoms with E-state index in [1.807, 2.05) is 4.90 Å². The molecule has 138 valence electrons. The topological polar surface area (TPSA) is 26.8 Å². The van der Waals surface area contributed by atoms with E-state index in [2.05, 4.69) is 9.80 Å². The molecule has 6 heteroatoms. The average Bonchev–Trinajstić information content (AvgIpc) is 2.64. The van der Waals surface area contributed by atoms with Crippen molar-refractivity contribution in [2.24, 2.45) is 0 Å². The van der Waals surface area contributed by atoms with Gasteiger partial charge in [-0.1, -0.05) is 17.7 Å². The van der Waals surface area contributed by atoms with E-state index in [1.54, 1.807) is 12.1 Å². The van der Waals surface area contributed by atoms with Crippen molar-refractivity contribution in [3.8, 4) is 0 Å². The smallest absolute Gasteiger partial charge is 0.223 e. The van der Waals surface area contributed by atoms with Gasteiger partial charge in [-0.05, 0) is 31.4 Å². The predicted molar refractivity (Wildman–Crippen MR) is 98.2 cm³/mol. The highest BCUT2D eigenvalue weighted by molar-refractivity contribution is 6.31. The molecule has 0 bridgehead atoms. The summed E-state index contributed by atoms with van der Waals surface area (Å²) >= 11 is 6.12. The first kappa shape index (κ1) is 18.6. The van der Waals surface area contributed by atoms with Crippen molar-refractivity contribution in [1.29, 1.82) is 0 Å². The van der Waals surface area contributed by atoms with Crippen LogP contribution in [0.5, 0.6) is 0 Å². The summed E-state index contributed by atoms with van der Waals surface area (Å²) in [7, 11) is 0. The molecule has 2 heterocycles. The Morgan fingerprint density at radius 3 is 2.36 bits per heavy atom. The Hall–Kier alpha value is -1.17. The zero-order valence-electron chi connectivity index (χ0n) is 14.7. The van der Waals surface area contributed by atoms with Crippen molar-refractivity contribution in [3.05, 3.63) is 34.6 Å². The molecule has 2 aliphatic heterocycles. The van der Waals surface area contributed by atoms with Gasteiger partial charge >= 0.3 is 0 Å². The first-order chi connectivity index (χ1) is 12.1. The number of nitrogens with zero attached hydrogens (tertiary/aromatic N) is 3. The number of carbonyl (C=O) groups is 1. The fourth-order valence-electron chi connectivity index (χ4n) is 3.63. The van der Waals surface area contributed by atoms with Crippen LogP contribution >= 0.6 is 11.6 Å². The Bertz CT molecular complexity index is 564. The van der Waals surface area contributed by atoms with Crippen LogP contribution in [0.2, 0.25) is 5.02 Å². The van der Waals surface area contributed by atoms with Crippen LogP contribution < -0.4 is 0 Å². The van der Waals surface area contributed by atoms with Gasteiger partial charge in [-0.2, -0.15) is 0 Å². The third kappa shape index (κ3) is 5.16. The molecule has 0 saturated carbocycles. The number of piperidine rings is 1. The summed E-state index contributed by atoms with van der Waals surface area (Å²) < 4.78 is 13.9. The maximum Gasteiger partial charge on any atom is 0.223 e. The van der Waals surface area contributed by atoms with Gasteiger partial charge in [0.25, 0.3) is 0 Å². The van der Waals surface area contributed by atoms with Gasteiger partial charge in [-0.25, -0.2) is 4.39 Å². The van der Waals surface area contributed by atoms with Gasteiger partial charge < -0.3 is 9.80 Å². The summed E-state index contributed by atoms with van der Waals surface area (Å²) in [4.78, 5) is 18.8. The second kappa shape index (κ2) is 8.97. The molecular weight excluding hydrogens is 341 g/mol. The first-order valence-electron chi connectivity index (χ1n) is 9.29. The third-order valence-corrected chi connectivity index (χ3v) is 5.61. The molecule has 0 aliphatic carbocycles.